The van der Waals surface area contributed by atoms with Crippen LogP contribution in [0.5, 0.6) is 0 Å². The van der Waals surface area contributed by atoms with E-state index in [0.717, 1.165) is 0 Å². The van der Waals surface area contributed by atoms with Gasteiger partial charge < -0.3 is 53.2 Å². The fourth-order valence-corrected chi connectivity index (χ4v) is 2.94. The SMILES string of the molecule is NCCCCC(N)C(=O)NC(CO)C(=O)NC(CC(=O)O)C(=O)NC(CO)C(=O)NC(CS)C(=O)O. The van der Waals surface area contributed by atoms with Crippen LogP contribution in [-0.2, 0) is 28.8 Å². The van der Waals surface area contributed by atoms with Crippen molar-refractivity contribution < 1.29 is 49.2 Å². The summed E-state index contributed by atoms with van der Waals surface area (Å²) < 4.78 is 0. The number of hydrogen-bond acceptors (Lipinski definition) is 11. The van der Waals surface area contributed by atoms with E-state index in [2.05, 4.69) is 23.3 Å². The van der Waals surface area contributed by atoms with Crippen molar-refractivity contribution in [2.24, 2.45) is 11.5 Å². The minimum absolute atomic E-state index is 0.257. The molecule has 4 amide bonds. The highest BCUT2D eigenvalue weighted by Gasteiger charge is 2.32. The minimum atomic E-state index is -1.79. The van der Waals surface area contributed by atoms with Crippen LogP contribution >= 0.6 is 12.6 Å². The zero-order valence-electron chi connectivity index (χ0n) is 19.4. The molecule has 0 aromatic carbocycles. The Morgan fingerprint density at radius 3 is 1.58 bits per heavy atom. The van der Waals surface area contributed by atoms with Gasteiger partial charge in [-0.15, -0.1) is 0 Å². The Labute approximate surface area is 211 Å². The zero-order chi connectivity index (χ0) is 27.8. The van der Waals surface area contributed by atoms with E-state index in [1.165, 1.54) is 0 Å². The summed E-state index contributed by atoms with van der Waals surface area (Å²) >= 11 is 3.77. The number of hydrogen-bond donors (Lipinski definition) is 11. The molecule has 16 nitrogen and oxygen atoms in total. The van der Waals surface area contributed by atoms with Crippen molar-refractivity contribution in [3.8, 4) is 0 Å². The molecule has 0 spiro atoms. The molecule has 36 heavy (non-hydrogen) atoms. The summed E-state index contributed by atoms with van der Waals surface area (Å²) in [6.45, 7) is -1.49. The van der Waals surface area contributed by atoms with Crippen LogP contribution in [0.3, 0.4) is 0 Å². The molecule has 0 fully saturated rings. The Hall–Kier alpha value is -2.99. The van der Waals surface area contributed by atoms with E-state index >= 15 is 0 Å². The van der Waals surface area contributed by atoms with Crippen LogP contribution in [0.2, 0.25) is 0 Å². The number of carboxylic acids is 2. The van der Waals surface area contributed by atoms with E-state index in [1.807, 2.05) is 10.6 Å². The van der Waals surface area contributed by atoms with E-state index in [1.54, 1.807) is 0 Å². The summed E-state index contributed by atoms with van der Waals surface area (Å²) in [6, 6.07) is -7.50. The van der Waals surface area contributed by atoms with E-state index in [-0.39, 0.29) is 12.2 Å². The van der Waals surface area contributed by atoms with Crippen molar-refractivity contribution in [1.29, 1.82) is 0 Å². The van der Waals surface area contributed by atoms with Gasteiger partial charge in [0.05, 0.1) is 25.7 Å². The van der Waals surface area contributed by atoms with Crippen molar-refractivity contribution in [1.82, 2.24) is 21.3 Å². The van der Waals surface area contributed by atoms with Gasteiger partial charge in [-0.25, -0.2) is 4.79 Å². The van der Waals surface area contributed by atoms with Crippen molar-refractivity contribution in [3.63, 3.8) is 0 Å². The zero-order valence-corrected chi connectivity index (χ0v) is 20.3. The standard InChI is InChI=1S/C19H34N6O10S/c20-4-2-1-3-9(21)15(30)23-11(6-26)17(32)22-10(5-14(28)29)16(31)24-12(7-27)18(33)25-13(8-36)19(34)35/h9-13,26-27,36H,1-8,20-21H2,(H,22,32)(H,23,30)(H,24,31)(H,25,33)(H,28,29)(H,34,35). The maximum Gasteiger partial charge on any atom is 0.327 e. The first-order valence-electron chi connectivity index (χ1n) is 10.9. The second kappa shape index (κ2) is 17.4. The summed E-state index contributed by atoms with van der Waals surface area (Å²) in [6.07, 6.45) is 0.460. The van der Waals surface area contributed by atoms with Gasteiger partial charge in [0.2, 0.25) is 23.6 Å². The van der Waals surface area contributed by atoms with Gasteiger partial charge in [0, 0.05) is 5.75 Å². The van der Waals surface area contributed by atoms with Gasteiger partial charge in [-0.05, 0) is 19.4 Å². The topological polar surface area (TPSA) is 284 Å². The number of nitrogens with one attached hydrogen (secondary N) is 4. The lowest BCUT2D eigenvalue weighted by Crippen LogP contribution is -2.60. The van der Waals surface area contributed by atoms with Crippen LogP contribution in [0.4, 0.5) is 0 Å². The molecule has 0 aliphatic heterocycles. The van der Waals surface area contributed by atoms with E-state index in [9.17, 15) is 39.0 Å². The lowest BCUT2D eigenvalue weighted by molar-refractivity contribution is -0.143. The first-order valence-corrected chi connectivity index (χ1v) is 11.5. The number of amides is 4. The molecule has 0 rings (SSSR count). The first-order chi connectivity index (χ1) is 16.9. The van der Waals surface area contributed by atoms with E-state index in [0.29, 0.717) is 19.4 Å². The lowest BCUT2D eigenvalue weighted by Gasteiger charge is -2.24. The predicted molar refractivity (Wildman–Crippen MR) is 127 cm³/mol. The molecule has 0 heterocycles. The maximum absolute atomic E-state index is 12.6. The number of carbonyl (C=O) groups excluding carboxylic acids is 4. The van der Waals surface area contributed by atoms with E-state index in [4.69, 9.17) is 21.7 Å². The Morgan fingerprint density at radius 2 is 1.17 bits per heavy atom. The van der Waals surface area contributed by atoms with Crippen molar-refractivity contribution in [3.05, 3.63) is 0 Å². The van der Waals surface area contributed by atoms with E-state index < -0.39 is 85.4 Å². The van der Waals surface area contributed by atoms with Gasteiger partial charge >= 0.3 is 11.9 Å². The third kappa shape index (κ3) is 12.1. The summed E-state index contributed by atoms with van der Waals surface area (Å²) in [5.41, 5.74) is 11.1. The summed E-state index contributed by atoms with van der Waals surface area (Å²) in [5, 5.41) is 45.3. The van der Waals surface area contributed by atoms with Gasteiger partial charge in [0.15, 0.2) is 0 Å². The second-order valence-electron chi connectivity index (χ2n) is 7.62. The quantitative estimate of drug-likeness (QED) is 0.0577. The fourth-order valence-electron chi connectivity index (χ4n) is 2.69. The van der Waals surface area contributed by atoms with Crippen LogP contribution in [0.25, 0.3) is 0 Å². The van der Waals surface area contributed by atoms with Crippen LogP contribution in [-0.4, -0.2) is 112 Å². The molecular formula is C19H34N6O10S. The molecule has 0 aliphatic carbocycles. The number of unbranched alkanes of at least 4 members (excludes halogenated alkanes) is 1. The third-order valence-corrected chi connectivity index (χ3v) is 5.11. The Kier molecular flexibility index (Phi) is 16.0. The second-order valence-corrected chi connectivity index (χ2v) is 7.98. The van der Waals surface area contributed by atoms with Gasteiger partial charge in [-0.1, -0.05) is 6.42 Å². The molecular weight excluding hydrogens is 504 g/mol. The highest BCUT2D eigenvalue weighted by molar-refractivity contribution is 7.80. The number of thiol groups is 1. The summed E-state index contributed by atoms with van der Waals surface area (Å²) in [4.78, 5) is 71.7. The number of carbonyl (C=O) groups is 6. The highest BCUT2D eigenvalue weighted by atomic mass is 32.1. The van der Waals surface area contributed by atoms with Crippen LogP contribution in [0.1, 0.15) is 25.7 Å². The smallest absolute Gasteiger partial charge is 0.327 e. The number of rotatable bonds is 18. The Bertz CT molecular complexity index is 786. The fraction of sp³-hybridized carbons (Fsp3) is 0.684. The molecule has 0 bridgehead atoms. The van der Waals surface area contributed by atoms with Crippen LogP contribution in [0, 0.1) is 0 Å². The minimum Gasteiger partial charge on any atom is -0.481 e. The van der Waals surface area contributed by atoms with Gasteiger partial charge in [-0.2, -0.15) is 12.6 Å². The lowest BCUT2D eigenvalue weighted by atomic mass is 10.1. The molecule has 12 N–H and O–H groups in total. The molecule has 0 aliphatic rings. The normalized spacial score (nSPS) is 14.9. The van der Waals surface area contributed by atoms with Gasteiger partial charge in [-0.3, -0.25) is 24.0 Å². The molecule has 17 heteroatoms. The molecule has 0 radical (unpaired) electrons. The maximum atomic E-state index is 12.6. The molecule has 0 saturated heterocycles. The Balaban J connectivity index is 5.32. The first kappa shape index (κ1) is 33.0. The number of carboxylic acid groups (broad SMARTS) is 2. The molecule has 5 atom stereocenters. The molecule has 0 saturated carbocycles. The largest absolute Gasteiger partial charge is 0.481 e. The number of nitrogens with two attached hydrogens (primary N) is 2. The van der Waals surface area contributed by atoms with Crippen LogP contribution in [0.15, 0.2) is 0 Å². The van der Waals surface area contributed by atoms with Crippen LogP contribution < -0.4 is 32.7 Å². The molecule has 206 valence electrons. The number of aliphatic carboxylic acids is 2. The average Bonchev–Trinajstić information content (AvgIpc) is 2.82. The monoisotopic (exact) mass is 538 g/mol. The van der Waals surface area contributed by atoms with Crippen molar-refractivity contribution >= 4 is 48.2 Å². The summed E-state index contributed by atoms with van der Waals surface area (Å²) in [5.74, 6) is -7.44. The van der Waals surface area contributed by atoms with Gasteiger partial charge in [0.1, 0.15) is 24.2 Å². The van der Waals surface area contributed by atoms with Crippen molar-refractivity contribution in [2.75, 3.05) is 25.5 Å². The predicted octanol–water partition coefficient (Wildman–Crippen LogP) is -5.14. The number of aliphatic hydroxyl groups excluding tert-OH is 2. The molecule has 0 aromatic heterocycles. The molecule has 5 unspecified atom stereocenters. The average molecular weight is 539 g/mol. The van der Waals surface area contributed by atoms with Crippen molar-refractivity contribution in [2.45, 2.75) is 55.9 Å². The Morgan fingerprint density at radius 1 is 0.722 bits per heavy atom. The van der Waals surface area contributed by atoms with Gasteiger partial charge in [0.25, 0.3) is 0 Å². The summed E-state index contributed by atoms with van der Waals surface area (Å²) in [7, 11) is 0. The molecule has 0 aromatic rings. The number of aliphatic hydroxyl groups is 2. The third-order valence-electron chi connectivity index (χ3n) is 4.75. The highest BCUT2D eigenvalue weighted by Crippen LogP contribution is 2.01.